The van der Waals surface area contributed by atoms with Crippen LogP contribution in [0, 0.1) is 0 Å². The number of nitrogens with zero attached hydrogens (tertiary/aromatic N) is 1. The van der Waals surface area contributed by atoms with Gasteiger partial charge in [-0.3, -0.25) is 0 Å². The molecule has 0 spiro atoms. The molecule has 1 nitrogen and oxygen atoms in total. The molecule has 0 bridgehead atoms. The second kappa shape index (κ2) is 4.64. The van der Waals surface area contributed by atoms with Gasteiger partial charge in [0.25, 0.3) is 0 Å². The number of rotatable bonds is 2. The minimum atomic E-state index is -0.00123. The van der Waals surface area contributed by atoms with E-state index in [0.717, 1.165) is 0 Å². The van der Waals surface area contributed by atoms with Crippen LogP contribution < -0.4 is 0 Å². The van der Waals surface area contributed by atoms with E-state index in [1.54, 1.807) is 0 Å². The summed E-state index contributed by atoms with van der Waals surface area (Å²) in [5.41, 5.74) is 1.38. The fraction of sp³-hybridized carbons (Fsp3) is 0.300. The van der Waals surface area contributed by atoms with Crippen molar-refractivity contribution < 1.29 is 4.58 Å². The molecular formula is C10H14NTe+. The van der Waals surface area contributed by atoms with Crippen molar-refractivity contribution in [2.45, 2.75) is 4.97 Å². The standard InChI is InChI=1S/C10H14NTe/c1-11(2)10(12-3)9-7-5-4-6-8-9/h4-8H,1-3H3/q+1. The molecule has 0 fully saturated rings. The van der Waals surface area contributed by atoms with Gasteiger partial charge >= 0.3 is 84.2 Å². The third-order valence-corrected chi connectivity index (χ3v) is 4.44. The molecule has 0 saturated heterocycles. The molecule has 12 heavy (non-hydrogen) atoms. The van der Waals surface area contributed by atoms with Crippen molar-refractivity contribution in [1.29, 1.82) is 0 Å². The van der Waals surface area contributed by atoms with Gasteiger partial charge in [-0.15, -0.1) is 0 Å². The monoisotopic (exact) mass is 278 g/mol. The van der Waals surface area contributed by atoms with E-state index in [-0.39, 0.29) is 20.9 Å². The molecule has 0 aliphatic carbocycles. The summed E-state index contributed by atoms with van der Waals surface area (Å²) in [6.45, 7) is 0. The van der Waals surface area contributed by atoms with Crippen molar-refractivity contribution in [3.05, 3.63) is 35.9 Å². The molecule has 0 aliphatic rings. The molecule has 0 heterocycles. The van der Waals surface area contributed by atoms with E-state index in [1.165, 1.54) is 9.32 Å². The molecule has 1 aromatic carbocycles. The van der Waals surface area contributed by atoms with E-state index in [9.17, 15) is 0 Å². The molecule has 0 N–H and O–H groups in total. The molecule has 64 valence electrons. The zero-order valence-corrected chi connectivity index (χ0v) is 10.1. The number of hydrogen-bond acceptors (Lipinski definition) is 0. The quantitative estimate of drug-likeness (QED) is 0.437. The van der Waals surface area contributed by atoms with Crippen LogP contribution in [0.3, 0.4) is 0 Å². The first-order valence-electron chi connectivity index (χ1n) is 3.89. The fourth-order valence-electron chi connectivity index (χ4n) is 1.14. The second-order valence-electron chi connectivity index (χ2n) is 2.77. The Hall–Kier alpha value is -0.320. The first kappa shape index (κ1) is 9.77. The summed E-state index contributed by atoms with van der Waals surface area (Å²) in [6.07, 6.45) is 0. The average Bonchev–Trinajstić information content (AvgIpc) is 2.07. The summed E-state index contributed by atoms with van der Waals surface area (Å²) < 4.78 is 3.75. The van der Waals surface area contributed by atoms with Gasteiger partial charge in [-0.1, -0.05) is 0 Å². The van der Waals surface area contributed by atoms with E-state index in [2.05, 4.69) is 54.0 Å². The third kappa shape index (κ3) is 2.33. The van der Waals surface area contributed by atoms with Gasteiger partial charge in [-0.2, -0.15) is 0 Å². The summed E-state index contributed by atoms with van der Waals surface area (Å²) in [5, 5.41) is 0. The summed E-state index contributed by atoms with van der Waals surface area (Å²) >= 11 is -0.00123. The van der Waals surface area contributed by atoms with E-state index in [0.29, 0.717) is 0 Å². The third-order valence-electron chi connectivity index (χ3n) is 1.62. The summed E-state index contributed by atoms with van der Waals surface area (Å²) in [5.74, 6) is 0. The molecule has 1 aromatic rings. The van der Waals surface area contributed by atoms with Crippen molar-refractivity contribution >= 4 is 24.7 Å². The predicted molar refractivity (Wildman–Crippen MR) is 54.3 cm³/mol. The zero-order chi connectivity index (χ0) is 8.97. The van der Waals surface area contributed by atoms with Crippen LogP contribution in [0.4, 0.5) is 0 Å². The van der Waals surface area contributed by atoms with Crippen molar-refractivity contribution in [1.82, 2.24) is 0 Å². The Balaban J connectivity index is 3.05. The van der Waals surface area contributed by atoms with Crippen molar-refractivity contribution in [2.24, 2.45) is 0 Å². The van der Waals surface area contributed by atoms with Gasteiger partial charge < -0.3 is 0 Å². The van der Waals surface area contributed by atoms with Crippen molar-refractivity contribution in [2.75, 3.05) is 14.1 Å². The van der Waals surface area contributed by atoms with Crippen LogP contribution >= 0.6 is 0 Å². The molecule has 0 unspecified atom stereocenters. The zero-order valence-electron chi connectivity index (χ0n) is 7.74. The minimum absolute atomic E-state index is 0.00123. The van der Waals surface area contributed by atoms with Gasteiger partial charge in [0.15, 0.2) is 0 Å². The molecule has 0 amide bonds. The average molecular weight is 276 g/mol. The Morgan fingerprint density at radius 1 is 1.17 bits per heavy atom. The topological polar surface area (TPSA) is 3.01 Å². The Labute approximate surface area is 84.2 Å². The molecule has 0 atom stereocenters. The van der Waals surface area contributed by atoms with Gasteiger partial charge in [0, 0.05) is 0 Å². The maximum absolute atomic E-state index is 2.31. The molecule has 0 aliphatic heterocycles. The first-order valence-corrected chi connectivity index (χ1v) is 7.39. The molecule has 0 aromatic heterocycles. The normalized spacial score (nSPS) is 9.58. The Bertz CT molecular complexity index is 273. The predicted octanol–water partition coefficient (Wildman–Crippen LogP) is 1.46. The molecule has 0 radical (unpaired) electrons. The summed E-state index contributed by atoms with van der Waals surface area (Å²) in [6, 6.07) is 10.6. The van der Waals surface area contributed by atoms with Crippen LogP contribution in [-0.2, 0) is 0 Å². The van der Waals surface area contributed by atoms with Crippen LogP contribution in [0.2, 0.25) is 4.97 Å². The SMILES string of the molecule is C[Te]C(c1ccccc1)=[N+](C)C. The Morgan fingerprint density at radius 3 is 2.17 bits per heavy atom. The van der Waals surface area contributed by atoms with Crippen molar-refractivity contribution in [3.8, 4) is 0 Å². The second-order valence-corrected chi connectivity index (χ2v) is 5.04. The molecule has 1 rings (SSSR count). The van der Waals surface area contributed by atoms with Gasteiger partial charge in [-0.05, 0) is 0 Å². The fourth-order valence-corrected chi connectivity index (χ4v) is 3.24. The van der Waals surface area contributed by atoms with E-state index >= 15 is 0 Å². The molecule has 2 heteroatoms. The maximum atomic E-state index is 2.31. The van der Waals surface area contributed by atoms with Gasteiger partial charge in [0.2, 0.25) is 0 Å². The summed E-state index contributed by atoms with van der Waals surface area (Å²) in [4.78, 5) is 2.31. The van der Waals surface area contributed by atoms with Crippen molar-refractivity contribution in [3.63, 3.8) is 0 Å². The number of benzene rings is 1. The van der Waals surface area contributed by atoms with Crippen LogP contribution in [0.1, 0.15) is 5.56 Å². The van der Waals surface area contributed by atoms with E-state index in [4.69, 9.17) is 0 Å². The number of hydrogen-bond donors (Lipinski definition) is 0. The Kier molecular flexibility index (Phi) is 3.78. The summed E-state index contributed by atoms with van der Waals surface area (Å²) in [7, 11) is 4.24. The molecule has 0 saturated carbocycles. The van der Waals surface area contributed by atoms with E-state index in [1.807, 2.05) is 0 Å². The van der Waals surface area contributed by atoms with E-state index < -0.39 is 0 Å². The van der Waals surface area contributed by atoms with Crippen LogP contribution in [-0.4, -0.2) is 43.4 Å². The van der Waals surface area contributed by atoms with Crippen LogP contribution in [0.5, 0.6) is 0 Å². The molecular weight excluding hydrogens is 262 g/mol. The van der Waals surface area contributed by atoms with Gasteiger partial charge in [0.05, 0.1) is 0 Å². The first-order chi connectivity index (χ1) is 5.75. The Morgan fingerprint density at radius 2 is 1.75 bits per heavy atom. The van der Waals surface area contributed by atoms with Crippen LogP contribution in [0.15, 0.2) is 30.3 Å². The van der Waals surface area contributed by atoms with Gasteiger partial charge in [0.1, 0.15) is 0 Å². The van der Waals surface area contributed by atoms with Gasteiger partial charge in [-0.25, -0.2) is 0 Å². The van der Waals surface area contributed by atoms with Crippen LogP contribution in [0.25, 0.3) is 0 Å².